The standard InChI is InChI=1S/C22H30N2O4/c1-4-23-13-7-9-15(17(25)11-13)19-21(27)20(22(19)28)16-10-8-14(12-18(16)26)24(5-2)6-3/h7-12,19-23,25-28H,4-6H2,1-3H3. The number of aliphatic hydroxyl groups is 2. The van der Waals surface area contributed by atoms with Gasteiger partial charge >= 0.3 is 0 Å². The molecule has 1 aliphatic rings. The number of hydrogen-bond acceptors (Lipinski definition) is 6. The Labute approximate surface area is 166 Å². The van der Waals surface area contributed by atoms with Crippen LogP contribution in [0.15, 0.2) is 36.4 Å². The van der Waals surface area contributed by atoms with Gasteiger partial charge in [0.1, 0.15) is 11.5 Å². The second-order valence-electron chi connectivity index (χ2n) is 7.25. The molecule has 0 aromatic heterocycles. The van der Waals surface area contributed by atoms with Crippen LogP contribution in [0, 0.1) is 0 Å². The van der Waals surface area contributed by atoms with Crippen LogP contribution < -0.4 is 10.2 Å². The maximum absolute atomic E-state index is 10.7. The van der Waals surface area contributed by atoms with E-state index >= 15 is 0 Å². The molecule has 1 aliphatic carbocycles. The van der Waals surface area contributed by atoms with Crippen LogP contribution in [0.1, 0.15) is 43.7 Å². The highest BCUT2D eigenvalue weighted by Crippen LogP contribution is 2.52. The molecule has 1 fully saturated rings. The van der Waals surface area contributed by atoms with Crippen molar-refractivity contribution in [3.8, 4) is 11.5 Å². The predicted molar refractivity (Wildman–Crippen MR) is 111 cm³/mol. The molecule has 0 amide bonds. The minimum absolute atomic E-state index is 0.0427. The SMILES string of the molecule is CCNc1ccc(C2C(O)C(c3ccc(N(CC)CC)cc3O)C2O)c(O)c1. The Morgan fingerprint density at radius 2 is 1.36 bits per heavy atom. The lowest BCUT2D eigenvalue weighted by Crippen LogP contribution is -2.51. The summed E-state index contributed by atoms with van der Waals surface area (Å²) in [4.78, 5) is 2.11. The van der Waals surface area contributed by atoms with Crippen LogP contribution in [0.4, 0.5) is 11.4 Å². The third-order valence-electron chi connectivity index (χ3n) is 5.74. The molecule has 2 unspecified atom stereocenters. The molecule has 2 aromatic rings. The predicted octanol–water partition coefficient (Wildman–Crippen LogP) is 2.98. The Kier molecular flexibility index (Phi) is 6.01. The van der Waals surface area contributed by atoms with Gasteiger partial charge in [-0.25, -0.2) is 0 Å². The van der Waals surface area contributed by atoms with E-state index in [9.17, 15) is 20.4 Å². The maximum Gasteiger partial charge on any atom is 0.121 e. The molecular weight excluding hydrogens is 356 g/mol. The fourth-order valence-electron chi connectivity index (χ4n) is 4.18. The van der Waals surface area contributed by atoms with Gasteiger partial charge in [-0.1, -0.05) is 12.1 Å². The summed E-state index contributed by atoms with van der Waals surface area (Å²) in [5.41, 5.74) is 2.73. The number of phenols is 2. The van der Waals surface area contributed by atoms with Crippen LogP contribution in [-0.4, -0.2) is 52.3 Å². The maximum atomic E-state index is 10.7. The van der Waals surface area contributed by atoms with Gasteiger partial charge < -0.3 is 30.6 Å². The topological polar surface area (TPSA) is 96.2 Å². The van der Waals surface area contributed by atoms with Gasteiger partial charge in [0.05, 0.1) is 12.2 Å². The van der Waals surface area contributed by atoms with Gasteiger partial charge in [0.15, 0.2) is 0 Å². The highest BCUT2D eigenvalue weighted by Gasteiger charge is 2.52. The molecule has 0 saturated heterocycles. The molecule has 0 spiro atoms. The highest BCUT2D eigenvalue weighted by atomic mass is 16.3. The highest BCUT2D eigenvalue weighted by molar-refractivity contribution is 5.57. The summed E-state index contributed by atoms with van der Waals surface area (Å²) < 4.78 is 0. The van der Waals surface area contributed by atoms with Crippen molar-refractivity contribution in [2.75, 3.05) is 29.9 Å². The number of nitrogens with zero attached hydrogens (tertiary/aromatic N) is 1. The van der Waals surface area contributed by atoms with Crippen molar-refractivity contribution in [2.45, 2.75) is 44.8 Å². The van der Waals surface area contributed by atoms with Crippen molar-refractivity contribution in [1.82, 2.24) is 0 Å². The van der Waals surface area contributed by atoms with Gasteiger partial charge in [-0.15, -0.1) is 0 Å². The summed E-state index contributed by atoms with van der Waals surface area (Å²) in [6, 6.07) is 10.5. The molecule has 6 heteroatoms. The summed E-state index contributed by atoms with van der Waals surface area (Å²) in [5.74, 6) is -1.08. The van der Waals surface area contributed by atoms with Crippen molar-refractivity contribution in [2.24, 2.45) is 0 Å². The van der Waals surface area contributed by atoms with E-state index in [1.165, 1.54) is 0 Å². The zero-order valence-corrected chi connectivity index (χ0v) is 16.6. The quantitative estimate of drug-likeness (QED) is 0.502. The number of anilines is 2. The Morgan fingerprint density at radius 1 is 0.821 bits per heavy atom. The number of hydrogen-bond donors (Lipinski definition) is 5. The van der Waals surface area contributed by atoms with Crippen molar-refractivity contribution in [3.63, 3.8) is 0 Å². The molecule has 0 radical (unpaired) electrons. The molecule has 0 heterocycles. The van der Waals surface area contributed by atoms with Crippen molar-refractivity contribution < 1.29 is 20.4 Å². The normalized spacial score (nSPS) is 23.9. The average Bonchev–Trinajstić information content (AvgIpc) is 2.67. The molecule has 1 saturated carbocycles. The third kappa shape index (κ3) is 3.50. The second kappa shape index (κ2) is 8.29. The molecule has 2 atom stereocenters. The molecule has 6 nitrogen and oxygen atoms in total. The van der Waals surface area contributed by atoms with Crippen LogP contribution in [0.5, 0.6) is 11.5 Å². The number of aromatic hydroxyl groups is 2. The van der Waals surface area contributed by atoms with Gasteiger partial charge in [-0.05, 0) is 32.9 Å². The first-order valence-corrected chi connectivity index (χ1v) is 9.93. The lowest BCUT2D eigenvalue weighted by Gasteiger charge is -2.47. The molecular formula is C22H30N2O4. The number of phenolic OH excluding ortho intramolecular Hbond substituents is 2. The van der Waals surface area contributed by atoms with Gasteiger partial charge in [-0.2, -0.15) is 0 Å². The largest absolute Gasteiger partial charge is 0.508 e. The molecule has 0 aliphatic heterocycles. The van der Waals surface area contributed by atoms with Crippen LogP contribution in [0.2, 0.25) is 0 Å². The number of aliphatic hydroxyl groups excluding tert-OH is 2. The first kappa shape index (κ1) is 20.3. The minimum Gasteiger partial charge on any atom is -0.508 e. The summed E-state index contributed by atoms with van der Waals surface area (Å²) in [6.07, 6.45) is -1.79. The molecule has 5 N–H and O–H groups in total. The van der Waals surface area contributed by atoms with E-state index in [2.05, 4.69) is 10.2 Å². The average molecular weight is 386 g/mol. The molecule has 152 valence electrons. The van der Waals surface area contributed by atoms with E-state index in [0.717, 1.165) is 31.0 Å². The van der Waals surface area contributed by atoms with Gasteiger partial charge in [0.25, 0.3) is 0 Å². The first-order valence-electron chi connectivity index (χ1n) is 9.93. The monoisotopic (exact) mass is 386 g/mol. The van der Waals surface area contributed by atoms with Crippen LogP contribution in [-0.2, 0) is 0 Å². The first-order chi connectivity index (χ1) is 13.4. The van der Waals surface area contributed by atoms with Gasteiger partial charge in [0, 0.05) is 66.1 Å². The van der Waals surface area contributed by atoms with Crippen LogP contribution >= 0.6 is 0 Å². The van der Waals surface area contributed by atoms with Gasteiger partial charge in [-0.3, -0.25) is 0 Å². The zero-order valence-electron chi connectivity index (χ0n) is 16.6. The van der Waals surface area contributed by atoms with Crippen LogP contribution in [0.3, 0.4) is 0 Å². The van der Waals surface area contributed by atoms with Crippen LogP contribution in [0.25, 0.3) is 0 Å². The number of rotatable bonds is 7. The smallest absolute Gasteiger partial charge is 0.121 e. The summed E-state index contributed by atoms with van der Waals surface area (Å²) in [5, 5.41) is 45.4. The lowest BCUT2D eigenvalue weighted by atomic mass is 9.63. The third-order valence-corrected chi connectivity index (χ3v) is 5.74. The van der Waals surface area contributed by atoms with E-state index in [1.54, 1.807) is 24.3 Å². The zero-order chi connectivity index (χ0) is 20.4. The van der Waals surface area contributed by atoms with E-state index in [1.807, 2.05) is 32.9 Å². The number of nitrogens with one attached hydrogen (secondary N) is 1. The van der Waals surface area contributed by atoms with E-state index in [-0.39, 0.29) is 11.5 Å². The summed E-state index contributed by atoms with van der Waals surface area (Å²) in [6.45, 7) is 8.45. The second-order valence-corrected chi connectivity index (χ2v) is 7.25. The van der Waals surface area contributed by atoms with E-state index < -0.39 is 24.0 Å². The Balaban J connectivity index is 1.82. The fourth-order valence-corrected chi connectivity index (χ4v) is 4.18. The lowest BCUT2D eigenvalue weighted by molar-refractivity contribution is -0.0797. The van der Waals surface area contributed by atoms with E-state index in [4.69, 9.17) is 0 Å². The molecule has 0 bridgehead atoms. The van der Waals surface area contributed by atoms with Gasteiger partial charge in [0.2, 0.25) is 0 Å². The van der Waals surface area contributed by atoms with Crippen molar-refractivity contribution in [1.29, 1.82) is 0 Å². The molecule has 28 heavy (non-hydrogen) atoms. The summed E-state index contributed by atoms with van der Waals surface area (Å²) in [7, 11) is 0. The van der Waals surface area contributed by atoms with Crippen molar-refractivity contribution >= 4 is 11.4 Å². The Bertz CT molecular complexity index is 812. The fraction of sp³-hybridized carbons (Fsp3) is 0.455. The van der Waals surface area contributed by atoms with Crippen molar-refractivity contribution in [3.05, 3.63) is 47.5 Å². The molecule has 2 aromatic carbocycles. The molecule has 3 rings (SSSR count). The van der Waals surface area contributed by atoms with E-state index in [0.29, 0.717) is 11.1 Å². The number of benzene rings is 2. The minimum atomic E-state index is -0.893. The Morgan fingerprint density at radius 3 is 1.82 bits per heavy atom. The Hall–Kier alpha value is -2.44. The summed E-state index contributed by atoms with van der Waals surface area (Å²) >= 11 is 0.